The highest BCUT2D eigenvalue weighted by Gasteiger charge is 2.09. The monoisotopic (exact) mass is 353 g/mol. The zero-order chi connectivity index (χ0) is 14.7. The molecule has 0 unspecified atom stereocenters. The second-order valence-corrected chi connectivity index (χ2v) is 8.26. The molecular formula is C14H12ClN3S3. The molecule has 0 N–H and O–H groups in total. The number of hydrogen-bond acceptors (Lipinski definition) is 6. The molecule has 3 aromatic rings. The lowest BCUT2D eigenvalue weighted by Crippen LogP contribution is -1.88. The first-order chi connectivity index (χ1) is 10.3. The van der Waals surface area contributed by atoms with Crippen molar-refractivity contribution in [2.75, 3.05) is 5.75 Å². The van der Waals surface area contributed by atoms with Crippen LogP contribution in [-0.4, -0.2) is 20.9 Å². The molecule has 0 saturated carbocycles. The lowest BCUT2D eigenvalue weighted by molar-refractivity contribution is 0.954. The minimum absolute atomic E-state index is 0.564. The van der Waals surface area contributed by atoms with Crippen LogP contribution in [0.2, 0.25) is 5.15 Å². The third-order valence-electron chi connectivity index (χ3n) is 2.76. The lowest BCUT2D eigenvalue weighted by atomic mass is 10.2. The van der Waals surface area contributed by atoms with Crippen LogP contribution in [0.4, 0.5) is 0 Å². The summed E-state index contributed by atoms with van der Waals surface area (Å²) in [5, 5.41) is 10.0. The van der Waals surface area contributed by atoms with Crippen LogP contribution >= 0.6 is 46.5 Å². The van der Waals surface area contributed by atoms with E-state index in [2.05, 4.69) is 28.2 Å². The molecule has 0 bridgehead atoms. The van der Waals surface area contributed by atoms with Crippen molar-refractivity contribution in [3.05, 3.63) is 41.0 Å². The molecule has 0 aliphatic carbocycles. The maximum absolute atomic E-state index is 6.26. The van der Waals surface area contributed by atoms with E-state index in [1.807, 2.05) is 24.3 Å². The maximum atomic E-state index is 6.26. The van der Waals surface area contributed by atoms with Crippen LogP contribution < -0.4 is 0 Å². The van der Waals surface area contributed by atoms with Gasteiger partial charge < -0.3 is 0 Å². The molecule has 1 aromatic carbocycles. The molecule has 0 aliphatic heterocycles. The summed E-state index contributed by atoms with van der Waals surface area (Å²) >= 11 is 11.3. The van der Waals surface area contributed by atoms with E-state index in [1.54, 1.807) is 34.9 Å². The quantitative estimate of drug-likeness (QED) is 0.468. The molecule has 3 nitrogen and oxygen atoms in total. The second kappa shape index (κ2) is 6.96. The summed E-state index contributed by atoms with van der Waals surface area (Å²) in [6.07, 6.45) is 0. The first-order valence-corrected chi connectivity index (χ1v) is 9.56. The number of thioether (sulfide) groups is 2. The minimum Gasteiger partial charge on any atom is -0.236 e. The highest BCUT2D eigenvalue weighted by molar-refractivity contribution is 8.02. The SMILES string of the molecule is CCSc1nnc(SCc2cc3ccccc3nc2Cl)s1. The first kappa shape index (κ1) is 15.1. The van der Waals surface area contributed by atoms with Crippen molar-refractivity contribution < 1.29 is 0 Å². The normalized spacial score (nSPS) is 11.1. The van der Waals surface area contributed by atoms with Crippen molar-refractivity contribution in [3.63, 3.8) is 0 Å². The van der Waals surface area contributed by atoms with Gasteiger partial charge in [0, 0.05) is 16.7 Å². The van der Waals surface area contributed by atoms with Crippen molar-refractivity contribution in [2.24, 2.45) is 0 Å². The molecule has 0 fully saturated rings. The van der Waals surface area contributed by atoms with E-state index >= 15 is 0 Å². The Morgan fingerprint density at radius 2 is 1.90 bits per heavy atom. The summed E-state index contributed by atoms with van der Waals surface area (Å²) in [4.78, 5) is 4.44. The van der Waals surface area contributed by atoms with Crippen LogP contribution in [0.25, 0.3) is 10.9 Å². The van der Waals surface area contributed by atoms with Crippen molar-refractivity contribution in [2.45, 2.75) is 21.4 Å². The van der Waals surface area contributed by atoms with Gasteiger partial charge in [-0.15, -0.1) is 10.2 Å². The predicted molar refractivity (Wildman–Crippen MR) is 92.6 cm³/mol. The Hall–Kier alpha value is -0.820. The van der Waals surface area contributed by atoms with E-state index in [4.69, 9.17) is 11.6 Å². The van der Waals surface area contributed by atoms with Gasteiger partial charge in [0.15, 0.2) is 8.68 Å². The van der Waals surface area contributed by atoms with E-state index in [0.29, 0.717) is 5.15 Å². The molecule has 0 saturated heterocycles. The number of para-hydroxylation sites is 1. The first-order valence-electron chi connectivity index (χ1n) is 6.39. The topological polar surface area (TPSA) is 38.7 Å². The standard InChI is InChI=1S/C14H12ClN3S3/c1-2-19-13-17-18-14(21-13)20-8-10-7-9-5-3-4-6-11(9)16-12(10)15/h3-7H,2,8H2,1H3. The summed E-state index contributed by atoms with van der Waals surface area (Å²) in [6.45, 7) is 2.11. The molecular weight excluding hydrogens is 342 g/mol. The largest absolute Gasteiger partial charge is 0.236 e. The van der Waals surface area contributed by atoms with Crippen LogP contribution in [0.15, 0.2) is 39.0 Å². The van der Waals surface area contributed by atoms with Gasteiger partial charge in [0.1, 0.15) is 5.15 Å². The second-order valence-electron chi connectivity index (χ2n) is 4.19. The van der Waals surface area contributed by atoms with Gasteiger partial charge in [-0.25, -0.2) is 4.98 Å². The van der Waals surface area contributed by atoms with Crippen LogP contribution in [0.3, 0.4) is 0 Å². The third-order valence-corrected chi connectivity index (χ3v) is 6.21. The third kappa shape index (κ3) is 3.69. The fourth-order valence-electron chi connectivity index (χ4n) is 1.81. The molecule has 108 valence electrons. The fourth-order valence-corrected chi connectivity index (χ4v) is 5.00. The predicted octanol–water partition coefficient (Wildman–Crippen LogP) is 5.14. The summed E-state index contributed by atoms with van der Waals surface area (Å²) in [6, 6.07) is 10.1. The number of fused-ring (bicyclic) bond motifs is 1. The van der Waals surface area contributed by atoms with E-state index in [1.165, 1.54) is 0 Å². The van der Waals surface area contributed by atoms with Crippen molar-refractivity contribution in [3.8, 4) is 0 Å². The highest BCUT2D eigenvalue weighted by atomic mass is 35.5. The molecule has 0 atom stereocenters. The maximum Gasteiger partial charge on any atom is 0.175 e. The van der Waals surface area contributed by atoms with Crippen molar-refractivity contribution in [1.82, 2.24) is 15.2 Å². The number of aromatic nitrogens is 3. The number of halogens is 1. The number of nitrogens with zero attached hydrogens (tertiary/aromatic N) is 3. The Balaban J connectivity index is 1.76. The van der Waals surface area contributed by atoms with Gasteiger partial charge in [0.05, 0.1) is 5.52 Å². The molecule has 0 amide bonds. The Morgan fingerprint density at radius 1 is 1.14 bits per heavy atom. The summed E-state index contributed by atoms with van der Waals surface area (Å²) in [5.74, 6) is 1.77. The average Bonchev–Trinajstić information content (AvgIpc) is 2.93. The molecule has 3 rings (SSSR count). The summed E-state index contributed by atoms with van der Waals surface area (Å²) in [7, 11) is 0. The number of benzene rings is 1. The zero-order valence-corrected chi connectivity index (χ0v) is 14.5. The van der Waals surface area contributed by atoms with E-state index < -0.39 is 0 Å². The fraction of sp³-hybridized carbons (Fsp3) is 0.214. The molecule has 21 heavy (non-hydrogen) atoms. The van der Waals surface area contributed by atoms with E-state index in [9.17, 15) is 0 Å². The van der Waals surface area contributed by atoms with Gasteiger partial charge in [-0.3, -0.25) is 0 Å². The number of rotatable bonds is 5. The molecule has 0 aliphatic rings. The van der Waals surface area contributed by atoms with E-state index in [0.717, 1.165) is 36.7 Å². The smallest absolute Gasteiger partial charge is 0.175 e. The van der Waals surface area contributed by atoms with Gasteiger partial charge in [-0.05, 0) is 17.9 Å². The molecule has 0 spiro atoms. The molecule has 2 aromatic heterocycles. The van der Waals surface area contributed by atoms with Gasteiger partial charge in [-0.1, -0.05) is 71.6 Å². The van der Waals surface area contributed by atoms with Gasteiger partial charge >= 0.3 is 0 Å². The van der Waals surface area contributed by atoms with Crippen LogP contribution in [0, 0.1) is 0 Å². The van der Waals surface area contributed by atoms with Crippen LogP contribution in [-0.2, 0) is 5.75 Å². The Labute approximate surface area is 140 Å². The summed E-state index contributed by atoms with van der Waals surface area (Å²) in [5.41, 5.74) is 1.95. The number of pyridine rings is 1. The Kier molecular flexibility index (Phi) is 5.00. The van der Waals surface area contributed by atoms with Crippen LogP contribution in [0.1, 0.15) is 12.5 Å². The highest BCUT2D eigenvalue weighted by Crippen LogP contribution is 2.32. The van der Waals surface area contributed by atoms with Crippen molar-refractivity contribution >= 4 is 57.4 Å². The number of hydrogen-bond donors (Lipinski definition) is 0. The van der Waals surface area contributed by atoms with Gasteiger partial charge in [-0.2, -0.15) is 0 Å². The average molecular weight is 354 g/mol. The van der Waals surface area contributed by atoms with Gasteiger partial charge in [0.25, 0.3) is 0 Å². The van der Waals surface area contributed by atoms with Gasteiger partial charge in [0.2, 0.25) is 0 Å². The lowest BCUT2D eigenvalue weighted by Gasteiger charge is -2.04. The zero-order valence-electron chi connectivity index (χ0n) is 11.2. The van der Waals surface area contributed by atoms with Crippen molar-refractivity contribution in [1.29, 1.82) is 0 Å². The van der Waals surface area contributed by atoms with E-state index in [-0.39, 0.29) is 0 Å². The molecule has 7 heteroatoms. The Bertz CT molecular complexity index is 760. The molecule has 2 heterocycles. The minimum atomic E-state index is 0.564. The Morgan fingerprint density at radius 3 is 2.71 bits per heavy atom. The van der Waals surface area contributed by atoms with Crippen LogP contribution in [0.5, 0.6) is 0 Å². The molecule has 0 radical (unpaired) electrons. The summed E-state index contributed by atoms with van der Waals surface area (Å²) < 4.78 is 1.98.